The Morgan fingerprint density at radius 2 is 1.86 bits per heavy atom. The molecule has 21 heavy (non-hydrogen) atoms. The number of hydrogen-bond acceptors (Lipinski definition) is 3. The van der Waals surface area contributed by atoms with Gasteiger partial charge in [0.2, 0.25) is 0 Å². The zero-order chi connectivity index (χ0) is 15.3. The highest BCUT2D eigenvalue weighted by molar-refractivity contribution is 7.92. The lowest BCUT2D eigenvalue weighted by molar-refractivity contribution is 0.595. The van der Waals surface area contributed by atoms with Crippen molar-refractivity contribution in [2.75, 3.05) is 11.3 Å². The van der Waals surface area contributed by atoms with Crippen LogP contribution < -0.4 is 10.5 Å². The molecule has 0 spiro atoms. The fourth-order valence-corrected chi connectivity index (χ4v) is 3.03. The highest BCUT2D eigenvalue weighted by atomic mass is 32.2. The normalized spacial score (nSPS) is 11.3. The van der Waals surface area contributed by atoms with Gasteiger partial charge in [-0.2, -0.15) is 0 Å². The van der Waals surface area contributed by atoms with Gasteiger partial charge in [-0.3, -0.25) is 4.72 Å². The molecule has 2 aromatic rings. The molecule has 0 amide bonds. The second kappa shape index (κ2) is 6.69. The number of halogens is 1. The standard InChI is InChI=1S/C15H17FN2O2S/c16-13-6-2-8-15(11-13)21(19,20)18-14-7-1-4-12(10-14)5-3-9-17/h1-2,4,6-8,10-11,18H,3,5,9,17H2. The Hall–Kier alpha value is -1.92. The van der Waals surface area contributed by atoms with Gasteiger partial charge in [-0.25, -0.2) is 12.8 Å². The molecule has 2 aromatic carbocycles. The molecule has 3 N–H and O–H groups in total. The Labute approximate surface area is 123 Å². The van der Waals surface area contributed by atoms with E-state index < -0.39 is 15.8 Å². The van der Waals surface area contributed by atoms with E-state index in [1.54, 1.807) is 18.2 Å². The quantitative estimate of drug-likeness (QED) is 0.861. The van der Waals surface area contributed by atoms with E-state index in [2.05, 4.69) is 4.72 Å². The number of sulfonamides is 1. The second-order valence-electron chi connectivity index (χ2n) is 4.66. The van der Waals surface area contributed by atoms with E-state index in [1.165, 1.54) is 18.2 Å². The van der Waals surface area contributed by atoms with Gasteiger partial charge in [-0.15, -0.1) is 0 Å². The summed E-state index contributed by atoms with van der Waals surface area (Å²) in [5, 5.41) is 0. The summed E-state index contributed by atoms with van der Waals surface area (Å²) < 4.78 is 40.0. The Balaban J connectivity index is 2.20. The molecule has 0 radical (unpaired) electrons. The van der Waals surface area contributed by atoms with Gasteiger partial charge < -0.3 is 5.73 Å². The van der Waals surface area contributed by atoms with Crippen molar-refractivity contribution in [3.8, 4) is 0 Å². The van der Waals surface area contributed by atoms with Crippen LogP contribution in [0.2, 0.25) is 0 Å². The third-order valence-electron chi connectivity index (χ3n) is 2.96. The molecule has 0 saturated heterocycles. The van der Waals surface area contributed by atoms with E-state index in [0.29, 0.717) is 12.2 Å². The van der Waals surface area contributed by atoms with E-state index in [-0.39, 0.29) is 4.90 Å². The summed E-state index contributed by atoms with van der Waals surface area (Å²) in [5.41, 5.74) is 6.91. The summed E-state index contributed by atoms with van der Waals surface area (Å²) in [6.07, 6.45) is 1.62. The van der Waals surface area contributed by atoms with Crippen LogP contribution in [0.5, 0.6) is 0 Å². The summed E-state index contributed by atoms with van der Waals surface area (Å²) >= 11 is 0. The van der Waals surface area contributed by atoms with Crippen LogP contribution in [0.4, 0.5) is 10.1 Å². The number of aryl methyl sites for hydroxylation is 1. The molecular weight excluding hydrogens is 291 g/mol. The van der Waals surface area contributed by atoms with E-state index in [4.69, 9.17) is 5.73 Å². The Kier molecular flexibility index (Phi) is 4.93. The Bertz CT molecular complexity index is 717. The van der Waals surface area contributed by atoms with Gasteiger partial charge in [-0.05, 0) is 55.3 Å². The van der Waals surface area contributed by atoms with Crippen LogP contribution in [0.3, 0.4) is 0 Å². The highest BCUT2D eigenvalue weighted by Gasteiger charge is 2.14. The summed E-state index contributed by atoms with van der Waals surface area (Å²) in [7, 11) is -3.79. The lowest BCUT2D eigenvalue weighted by Gasteiger charge is -2.09. The molecule has 4 nitrogen and oxygen atoms in total. The van der Waals surface area contributed by atoms with E-state index in [1.807, 2.05) is 6.07 Å². The third kappa shape index (κ3) is 4.27. The molecule has 0 atom stereocenters. The highest BCUT2D eigenvalue weighted by Crippen LogP contribution is 2.18. The average molecular weight is 308 g/mol. The molecule has 112 valence electrons. The van der Waals surface area contributed by atoms with Crippen LogP contribution in [-0.2, 0) is 16.4 Å². The molecular formula is C15H17FN2O2S. The van der Waals surface area contributed by atoms with Crippen LogP contribution in [-0.4, -0.2) is 15.0 Å². The first-order valence-corrected chi connectivity index (χ1v) is 8.07. The van der Waals surface area contributed by atoms with Crippen molar-refractivity contribution >= 4 is 15.7 Å². The van der Waals surface area contributed by atoms with Crippen molar-refractivity contribution in [1.82, 2.24) is 0 Å². The number of benzene rings is 2. The zero-order valence-corrected chi connectivity index (χ0v) is 12.2. The molecule has 0 fully saturated rings. The molecule has 0 aliphatic rings. The first-order valence-electron chi connectivity index (χ1n) is 6.59. The molecule has 0 heterocycles. The minimum atomic E-state index is -3.79. The van der Waals surface area contributed by atoms with Gasteiger partial charge in [0, 0.05) is 5.69 Å². The van der Waals surface area contributed by atoms with Gasteiger partial charge >= 0.3 is 0 Å². The molecule has 0 aromatic heterocycles. The zero-order valence-electron chi connectivity index (χ0n) is 11.4. The van der Waals surface area contributed by atoms with Crippen molar-refractivity contribution in [3.63, 3.8) is 0 Å². The first-order chi connectivity index (χ1) is 10.0. The molecule has 0 saturated carbocycles. The van der Waals surface area contributed by atoms with Crippen molar-refractivity contribution in [2.24, 2.45) is 5.73 Å². The molecule has 0 aliphatic carbocycles. The summed E-state index contributed by atoms with van der Waals surface area (Å²) in [4.78, 5) is -0.102. The average Bonchev–Trinajstić information content (AvgIpc) is 2.45. The number of nitrogens with one attached hydrogen (secondary N) is 1. The second-order valence-corrected chi connectivity index (χ2v) is 6.34. The van der Waals surface area contributed by atoms with Crippen LogP contribution in [0.1, 0.15) is 12.0 Å². The molecule has 0 unspecified atom stereocenters. The van der Waals surface area contributed by atoms with Crippen molar-refractivity contribution in [2.45, 2.75) is 17.7 Å². The lowest BCUT2D eigenvalue weighted by Crippen LogP contribution is -2.13. The smallest absolute Gasteiger partial charge is 0.261 e. The van der Waals surface area contributed by atoms with Crippen LogP contribution in [0, 0.1) is 5.82 Å². The van der Waals surface area contributed by atoms with Crippen LogP contribution in [0.15, 0.2) is 53.4 Å². The fraction of sp³-hybridized carbons (Fsp3) is 0.200. The van der Waals surface area contributed by atoms with Crippen LogP contribution >= 0.6 is 0 Å². The number of hydrogen-bond donors (Lipinski definition) is 2. The monoisotopic (exact) mass is 308 g/mol. The number of rotatable bonds is 6. The minimum absolute atomic E-state index is 0.102. The summed E-state index contributed by atoms with van der Waals surface area (Å²) in [6.45, 7) is 0.583. The van der Waals surface area contributed by atoms with E-state index >= 15 is 0 Å². The maximum absolute atomic E-state index is 13.1. The Morgan fingerprint density at radius 1 is 1.10 bits per heavy atom. The summed E-state index contributed by atoms with van der Waals surface area (Å²) in [6, 6.07) is 12.0. The van der Waals surface area contributed by atoms with Gasteiger partial charge in [0.15, 0.2) is 0 Å². The minimum Gasteiger partial charge on any atom is -0.330 e. The molecule has 6 heteroatoms. The number of nitrogens with two attached hydrogens (primary N) is 1. The van der Waals surface area contributed by atoms with Crippen molar-refractivity contribution in [1.29, 1.82) is 0 Å². The molecule has 2 rings (SSSR count). The fourth-order valence-electron chi connectivity index (χ4n) is 1.94. The Morgan fingerprint density at radius 3 is 2.57 bits per heavy atom. The predicted octanol–water partition coefficient (Wildman–Crippen LogP) is 2.52. The first kappa shape index (κ1) is 15.5. The van der Waals surface area contributed by atoms with Crippen molar-refractivity contribution in [3.05, 3.63) is 59.9 Å². The largest absolute Gasteiger partial charge is 0.330 e. The van der Waals surface area contributed by atoms with E-state index in [0.717, 1.165) is 24.5 Å². The maximum Gasteiger partial charge on any atom is 0.261 e. The van der Waals surface area contributed by atoms with Gasteiger partial charge in [0.25, 0.3) is 10.0 Å². The van der Waals surface area contributed by atoms with Gasteiger partial charge in [0.05, 0.1) is 4.90 Å². The molecule has 0 bridgehead atoms. The number of anilines is 1. The predicted molar refractivity (Wildman–Crippen MR) is 81.0 cm³/mol. The van der Waals surface area contributed by atoms with Gasteiger partial charge in [0.1, 0.15) is 5.82 Å². The maximum atomic E-state index is 13.1. The van der Waals surface area contributed by atoms with Crippen molar-refractivity contribution < 1.29 is 12.8 Å². The topological polar surface area (TPSA) is 72.2 Å². The van der Waals surface area contributed by atoms with Gasteiger partial charge in [-0.1, -0.05) is 18.2 Å². The molecule has 0 aliphatic heterocycles. The summed E-state index contributed by atoms with van der Waals surface area (Å²) in [5.74, 6) is -0.588. The SMILES string of the molecule is NCCCc1cccc(NS(=O)(=O)c2cccc(F)c2)c1. The third-order valence-corrected chi connectivity index (χ3v) is 4.33. The van der Waals surface area contributed by atoms with E-state index in [9.17, 15) is 12.8 Å². The lowest BCUT2D eigenvalue weighted by atomic mass is 10.1. The van der Waals surface area contributed by atoms with Crippen LogP contribution in [0.25, 0.3) is 0 Å².